The first-order valence-corrected chi connectivity index (χ1v) is 19.4. The monoisotopic (exact) mass is 755 g/mol. The molecule has 0 spiro atoms. The van der Waals surface area contributed by atoms with Gasteiger partial charge in [0.2, 0.25) is 0 Å². The van der Waals surface area contributed by atoms with Crippen LogP contribution in [-0.4, -0.2) is 55.7 Å². The number of ether oxygens (including phenoxy) is 6. The molecule has 2 N–H and O–H groups in total. The van der Waals surface area contributed by atoms with Gasteiger partial charge in [-0.25, -0.2) is 4.79 Å². The SMILES string of the molecule is C=CC(=O)OCCCCCCOc1ccc(OC(=O)C2CCC(COc3ccc(OCC4CCC(C(=O)Oc5ccc(O)cc5)CC4)c(C=N)c3)CC2)cc1. The highest BCUT2D eigenvalue weighted by atomic mass is 16.5. The summed E-state index contributed by atoms with van der Waals surface area (Å²) in [4.78, 5) is 36.5. The molecule has 3 aromatic carbocycles. The Balaban J connectivity index is 0.942. The maximum Gasteiger partial charge on any atom is 0.330 e. The van der Waals surface area contributed by atoms with Crippen LogP contribution in [0.5, 0.6) is 34.5 Å². The van der Waals surface area contributed by atoms with E-state index in [4.69, 9.17) is 33.8 Å². The Bertz CT molecular complexity index is 1690. The zero-order chi connectivity index (χ0) is 38.8. The lowest BCUT2D eigenvalue weighted by atomic mass is 9.82. The molecule has 2 saturated carbocycles. The van der Waals surface area contributed by atoms with E-state index in [1.807, 2.05) is 30.3 Å². The largest absolute Gasteiger partial charge is 0.508 e. The van der Waals surface area contributed by atoms with Gasteiger partial charge in [-0.2, -0.15) is 0 Å². The van der Waals surface area contributed by atoms with Crippen LogP contribution < -0.4 is 23.7 Å². The van der Waals surface area contributed by atoms with Crippen LogP contribution in [0.25, 0.3) is 0 Å². The lowest BCUT2D eigenvalue weighted by Crippen LogP contribution is -2.28. The normalized spacial score (nSPS) is 19.3. The molecule has 0 unspecified atom stereocenters. The van der Waals surface area contributed by atoms with Gasteiger partial charge in [-0.15, -0.1) is 0 Å². The summed E-state index contributed by atoms with van der Waals surface area (Å²) in [5.41, 5.74) is 0.645. The molecule has 11 heteroatoms. The molecule has 3 aromatic rings. The first kappa shape index (κ1) is 40.9. The molecule has 0 atom stereocenters. The Labute approximate surface area is 323 Å². The van der Waals surface area contributed by atoms with E-state index in [-0.39, 0.29) is 29.5 Å². The van der Waals surface area contributed by atoms with E-state index in [0.29, 0.717) is 66.8 Å². The molecule has 0 saturated heterocycles. The molecular weight excluding hydrogens is 702 g/mol. The molecule has 2 aliphatic rings. The average molecular weight is 756 g/mol. The second-order valence-corrected chi connectivity index (χ2v) is 14.3. The fraction of sp³-hybridized carbons (Fsp3) is 0.455. The third kappa shape index (κ3) is 13.5. The van der Waals surface area contributed by atoms with Crippen molar-refractivity contribution in [3.63, 3.8) is 0 Å². The van der Waals surface area contributed by atoms with Crippen molar-refractivity contribution in [2.75, 3.05) is 26.4 Å². The van der Waals surface area contributed by atoms with Gasteiger partial charge < -0.3 is 38.9 Å². The number of phenols is 1. The van der Waals surface area contributed by atoms with Gasteiger partial charge >= 0.3 is 17.9 Å². The van der Waals surface area contributed by atoms with Crippen molar-refractivity contribution >= 4 is 24.1 Å². The van der Waals surface area contributed by atoms with Gasteiger partial charge in [-0.1, -0.05) is 6.58 Å². The van der Waals surface area contributed by atoms with E-state index >= 15 is 0 Å². The molecule has 11 nitrogen and oxygen atoms in total. The van der Waals surface area contributed by atoms with Crippen LogP contribution in [0.2, 0.25) is 0 Å². The molecule has 0 aromatic heterocycles. The third-order valence-electron chi connectivity index (χ3n) is 10.3. The fourth-order valence-electron chi connectivity index (χ4n) is 6.91. The number of phenolic OH excluding ortho intramolecular Hbond substituents is 1. The maximum atomic E-state index is 12.9. The zero-order valence-electron chi connectivity index (χ0n) is 31.5. The van der Waals surface area contributed by atoms with Crippen LogP contribution in [-0.2, 0) is 19.1 Å². The first-order valence-electron chi connectivity index (χ1n) is 19.4. The molecule has 294 valence electrons. The van der Waals surface area contributed by atoms with Crippen molar-refractivity contribution in [3.8, 4) is 34.5 Å². The highest BCUT2D eigenvalue weighted by molar-refractivity contribution is 5.82. The van der Waals surface area contributed by atoms with Crippen molar-refractivity contribution in [2.45, 2.75) is 77.0 Å². The van der Waals surface area contributed by atoms with Crippen LogP contribution >= 0.6 is 0 Å². The topological polar surface area (TPSA) is 151 Å². The Hall–Kier alpha value is -5.32. The van der Waals surface area contributed by atoms with Gasteiger partial charge in [-0.05, 0) is 156 Å². The summed E-state index contributed by atoms with van der Waals surface area (Å²) < 4.78 is 34.2. The number of benzene rings is 3. The van der Waals surface area contributed by atoms with Crippen molar-refractivity contribution in [2.24, 2.45) is 23.7 Å². The summed E-state index contributed by atoms with van der Waals surface area (Å²) in [5, 5.41) is 17.4. The van der Waals surface area contributed by atoms with Gasteiger partial charge in [0, 0.05) is 17.9 Å². The Morgan fingerprint density at radius 2 is 1.15 bits per heavy atom. The van der Waals surface area contributed by atoms with Gasteiger partial charge in [0.15, 0.2) is 0 Å². The molecule has 0 amide bonds. The molecule has 5 rings (SSSR count). The van der Waals surface area contributed by atoms with Crippen LogP contribution in [0.15, 0.2) is 79.4 Å². The molecular formula is C44H53NO10. The summed E-state index contributed by atoms with van der Waals surface area (Å²) in [7, 11) is 0. The van der Waals surface area contributed by atoms with E-state index in [0.717, 1.165) is 82.8 Å². The van der Waals surface area contributed by atoms with Crippen LogP contribution in [0, 0.1) is 29.1 Å². The minimum absolute atomic E-state index is 0.125. The standard InChI is InChI=1S/C44H53NO10/c1-2-42(47)51-26-6-4-3-5-25-50-37-19-21-39(22-20-37)55-44(49)33-11-7-31(8-12-33)29-52-40-23-24-41(35(27-40)28-45)53-30-32-9-13-34(14-10-32)43(48)54-38-17-15-36(46)16-18-38/h2,15-24,27-28,31-34,45-46H,1,3-14,25-26,29-30H2. The van der Waals surface area contributed by atoms with Crippen LogP contribution in [0.3, 0.4) is 0 Å². The number of carbonyl (C=O) groups excluding carboxylic acids is 3. The summed E-state index contributed by atoms with van der Waals surface area (Å²) in [6.45, 7) is 5.40. The lowest BCUT2D eigenvalue weighted by Gasteiger charge is -2.27. The number of nitrogens with one attached hydrogen (secondary N) is 1. The molecule has 0 aliphatic heterocycles. The van der Waals surface area contributed by atoms with E-state index in [9.17, 15) is 19.5 Å². The van der Waals surface area contributed by atoms with Crippen molar-refractivity contribution in [3.05, 3.63) is 84.9 Å². The predicted octanol–water partition coefficient (Wildman–Crippen LogP) is 8.64. The molecule has 55 heavy (non-hydrogen) atoms. The fourth-order valence-corrected chi connectivity index (χ4v) is 6.91. The first-order chi connectivity index (χ1) is 26.8. The van der Waals surface area contributed by atoms with Crippen molar-refractivity contribution in [1.82, 2.24) is 0 Å². The highest BCUT2D eigenvalue weighted by Crippen LogP contribution is 2.34. The van der Waals surface area contributed by atoms with Crippen molar-refractivity contribution < 1.29 is 47.9 Å². The van der Waals surface area contributed by atoms with E-state index in [2.05, 4.69) is 6.58 Å². The lowest BCUT2D eigenvalue weighted by molar-refractivity contribution is -0.141. The number of aromatic hydroxyl groups is 1. The summed E-state index contributed by atoms with van der Waals surface area (Å²) >= 11 is 0. The summed E-state index contributed by atoms with van der Waals surface area (Å²) in [6.07, 6.45) is 12.4. The van der Waals surface area contributed by atoms with Gasteiger partial charge in [0.05, 0.1) is 38.3 Å². The van der Waals surface area contributed by atoms with Gasteiger partial charge in [0.25, 0.3) is 0 Å². The highest BCUT2D eigenvalue weighted by Gasteiger charge is 2.29. The minimum atomic E-state index is -0.391. The van der Waals surface area contributed by atoms with Gasteiger partial charge in [-0.3, -0.25) is 9.59 Å². The minimum Gasteiger partial charge on any atom is -0.508 e. The average Bonchev–Trinajstić information content (AvgIpc) is 3.22. The Kier molecular flexibility index (Phi) is 16.0. The molecule has 0 radical (unpaired) electrons. The summed E-state index contributed by atoms with van der Waals surface area (Å²) in [6, 6.07) is 18.8. The number of unbranched alkanes of at least 4 members (excludes halogenated alkanes) is 3. The third-order valence-corrected chi connectivity index (χ3v) is 10.3. The molecule has 2 aliphatic carbocycles. The second-order valence-electron chi connectivity index (χ2n) is 14.3. The number of hydrogen-bond acceptors (Lipinski definition) is 11. The number of rotatable bonds is 20. The zero-order valence-corrected chi connectivity index (χ0v) is 31.5. The number of carbonyl (C=O) groups is 3. The van der Waals surface area contributed by atoms with E-state index in [1.165, 1.54) is 24.4 Å². The maximum absolute atomic E-state index is 12.9. The predicted molar refractivity (Wildman–Crippen MR) is 207 cm³/mol. The van der Waals surface area contributed by atoms with E-state index < -0.39 is 5.97 Å². The smallest absolute Gasteiger partial charge is 0.330 e. The van der Waals surface area contributed by atoms with Crippen LogP contribution in [0.4, 0.5) is 0 Å². The van der Waals surface area contributed by atoms with Crippen LogP contribution in [0.1, 0.15) is 82.6 Å². The quantitative estimate of drug-likeness (QED) is 0.0377. The Morgan fingerprint density at radius 3 is 1.71 bits per heavy atom. The Morgan fingerprint density at radius 1 is 0.636 bits per heavy atom. The molecule has 0 bridgehead atoms. The number of hydrogen-bond donors (Lipinski definition) is 2. The summed E-state index contributed by atoms with van der Waals surface area (Å²) in [5.74, 6) is 2.57. The molecule has 0 heterocycles. The number of esters is 3. The van der Waals surface area contributed by atoms with Gasteiger partial charge in [0.1, 0.15) is 34.5 Å². The van der Waals surface area contributed by atoms with Crippen molar-refractivity contribution in [1.29, 1.82) is 5.41 Å². The second kappa shape index (κ2) is 21.5. The molecule has 2 fully saturated rings. The van der Waals surface area contributed by atoms with E-state index in [1.54, 1.807) is 24.3 Å².